The van der Waals surface area contributed by atoms with Crippen molar-refractivity contribution in [1.82, 2.24) is 4.98 Å². The van der Waals surface area contributed by atoms with Crippen LogP contribution < -0.4 is 4.90 Å². The van der Waals surface area contributed by atoms with Crippen molar-refractivity contribution in [3.8, 4) is 0 Å². The molecule has 0 fully saturated rings. The number of rotatable bonds is 2. The number of fused-ring (bicyclic) bond motifs is 1. The van der Waals surface area contributed by atoms with Crippen molar-refractivity contribution in [3.63, 3.8) is 0 Å². The number of aromatic amines is 1. The zero-order valence-electron chi connectivity index (χ0n) is 10.6. The molecule has 3 rings (SSSR count). The number of nitrogens with zero attached hydrogens (tertiary/aromatic N) is 1. The maximum absolute atomic E-state index is 12.8. The van der Waals surface area contributed by atoms with Gasteiger partial charge in [0.05, 0.1) is 11.3 Å². The van der Waals surface area contributed by atoms with Gasteiger partial charge in [-0.15, -0.1) is 11.8 Å². The number of aromatic nitrogens is 1. The first-order valence-corrected chi connectivity index (χ1v) is 7.23. The van der Waals surface area contributed by atoms with E-state index in [9.17, 15) is 13.2 Å². The molecule has 0 atom stereocenters. The summed E-state index contributed by atoms with van der Waals surface area (Å²) in [4.78, 5) is 5.89. The third-order valence-electron chi connectivity index (χ3n) is 3.28. The summed E-state index contributed by atoms with van der Waals surface area (Å²) < 4.78 is 38.5. The molecule has 0 unspecified atom stereocenters. The fourth-order valence-corrected chi connectivity index (χ4v) is 3.32. The number of thioether (sulfide) groups is 1. The highest BCUT2D eigenvalue weighted by Gasteiger charge is 2.32. The average molecular weight is 298 g/mol. The maximum atomic E-state index is 12.8. The zero-order chi connectivity index (χ0) is 14.2. The predicted octanol–water partition coefficient (Wildman–Crippen LogP) is 4.15. The van der Waals surface area contributed by atoms with Crippen molar-refractivity contribution in [2.75, 3.05) is 17.2 Å². The molecule has 0 saturated carbocycles. The number of nitrogens with one attached hydrogen (secondary N) is 1. The number of benzene rings is 1. The Morgan fingerprint density at radius 3 is 2.80 bits per heavy atom. The van der Waals surface area contributed by atoms with Crippen LogP contribution in [0, 0.1) is 0 Å². The van der Waals surface area contributed by atoms with E-state index in [1.165, 1.54) is 6.07 Å². The van der Waals surface area contributed by atoms with E-state index in [0.717, 1.165) is 28.8 Å². The largest absolute Gasteiger partial charge is 0.416 e. The fourth-order valence-electron chi connectivity index (χ4n) is 2.29. The first-order valence-electron chi connectivity index (χ1n) is 6.25. The molecular weight excluding hydrogens is 285 g/mol. The van der Waals surface area contributed by atoms with Crippen LogP contribution in [0.3, 0.4) is 0 Å². The molecule has 6 heteroatoms. The van der Waals surface area contributed by atoms with E-state index in [-0.39, 0.29) is 0 Å². The Balaban J connectivity index is 1.94. The summed E-state index contributed by atoms with van der Waals surface area (Å²) >= 11 is 1.61. The highest BCUT2D eigenvalue weighted by Crippen LogP contribution is 2.40. The quantitative estimate of drug-likeness (QED) is 0.898. The van der Waals surface area contributed by atoms with Gasteiger partial charge in [0.2, 0.25) is 0 Å². The predicted molar refractivity (Wildman–Crippen MR) is 74.0 cm³/mol. The van der Waals surface area contributed by atoms with Crippen LogP contribution >= 0.6 is 11.8 Å². The van der Waals surface area contributed by atoms with E-state index in [4.69, 9.17) is 0 Å². The zero-order valence-corrected chi connectivity index (χ0v) is 11.4. The monoisotopic (exact) mass is 298 g/mol. The fraction of sp³-hybridized carbons (Fsp3) is 0.286. The molecular formula is C14H13F3N2S. The topological polar surface area (TPSA) is 19.0 Å². The molecule has 2 nitrogen and oxygen atoms in total. The second kappa shape index (κ2) is 5.09. The second-order valence-electron chi connectivity index (χ2n) is 4.67. The van der Waals surface area contributed by atoms with Gasteiger partial charge < -0.3 is 9.88 Å². The molecule has 0 saturated heterocycles. The molecule has 20 heavy (non-hydrogen) atoms. The lowest BCUT2D eigenvalue weighted by Gasteiger charge is -2.31. The number of hydrogen-bond acceptors (Lipinski definition) is 2. The van der Waals surface area contributed by atoms with Gasteiger partial charge in [0.25, 0.3) is 0 Å². The number of anilines is 1. The van der Waals surface area contributed by atoms with Crippen LogP contribution in [-0.4, -0.2) is 17.3 Å². The Labute approximate surface area is 119 Å². The van der Waals surface area contributed by atoms with Crippen molar-refractivity contribution in [1.29, 1.82) is 0 Å². The highest BCUT2D eigenvalue weighted by molar-refractivity contribution is 7.99. The molecule has 2 heterocycles. The molecule has 2 aromatic rings. The smallest absolute Gasteiger partial charge is 0.367 e. The normalized spacial score (nSPS) is 15.2. The number of alkyl halides is 3. The molecule has 0 bridgehead atoms. The third kappa shape index (κ3) is 2.65. The summed E-state index contributed by atoms with van der Waals surface area (Å²) in [6, 6.07) is 5.93. The van der Waals surface area contributed by atoms with E-state index in [2.05, 4.69) is 4.98 Å². The summed E-state index contributed by atoms with van der Waals surface area (Å²) in [5.41, 5.74) is 1.16. The van der Waals surface area contributed by atoms with Crippen LogP contribution in [0.1, 0.15) is 11.1 Å². The van der Waals surface area contributed by atoms with Crippen molar-refractivity contribution >= 4 is 17.4 Å². The lowest BCUT2D eigenvalue weighted by Crippen LogP contribution is -2.28. The Morgan fingerprint density at radius 2 is 2.10 bits per heavy atom. The Hall–Kier alpha value is -1.56. The van der Waals surface area contributed by atoms with E-state index < -0.39 is 11.7 Å². The van der Waals surface area contributed by atoms with E-state index in [0.29, 0.717) is 12.2 Å². The van der Waals surface area contributed by atoms with Crippen molar-refractivity contribution < 1.29 is 13.2 Å². The molecule has 0 radical (unpaired) electrons. The third-order valence-corrected chi connectivity index (χ3v) is 4.32. The van der Waals surface area contributed by atoms with E-state index in [1.54, 1.807) is 17.8 Å². The van der Waals surface area contributed by atoms with Crippen LogP contribution in [0.2, 0.25) is 0 Å². The molecule has 1 aromatic carbocycles. The minimum atomic E-state index is -4.29. The molecule has 1 N–H and O–H groups in total. The SMILES string of the molecule is FC(F)(F)c1ccc2c(c1)N(Cc1cc[nH]c1)CCS2. The average Bonchev–Trinajstić information content (AvgIpc) is 2.90. The lowest BCUT2D eigenvalue weighted by molar-refractivity contribution is -0.137. The van der Waals surface area contributed by atoms with Gasteiger partial charge in [-0.05, 0) is 29.8 Å². The molecule has 1 aromatic heterocycles. The highest BCUT2D eigenvalue weighted by atomic mass is 32.2. The second-order valence-corrected chi connectivity index (χ2v) is 5.81. The van der Waals surface area contributed by atoms with Crippen LogP contribution in [-0.2, 0) is 12.7 Å². The molecule has 0 spiro atoms. The van der Waals surface area contributed by atoms with Crippen LogP contribution in [0.25, 0.3) is 0 Å². The van der Waals surface area contributed by atoms with E-state index in [1.807, 2.05) is 23.4 Å². The minimum Gasteiger partial charge on any atom is -0.367 e. The van der Waals surface area contributed by atoms with E-state index >= 15 is 0 Å². The summed E-state index contributed by atoms with van der Waals surface area (Å²) in [5.74, 6) is 0.892. The first kappa shape index (κ1) is 13.4. The molecule has 1 aliphatic rings. The molecule has 0 aliphatic carbocycles. The maximum Gasteiger partial charge on any atom is 0.416 e. The van der Waals surface area contributed by atoms with Gasteiger partial charge in [-0.25, -0.2) is 0 Å². The summed E-state index contributed by atoms with van der Waals surface area (Å²) in [6.45, 7) is 1.38. The Bertz CT molecular complexity index is 593. The summed E-state index contributed by atoms with van der Waals surface area (Å²) in [6.07, 6.45) is -0.604. The molecule has 0 amide bonds. The number of hydrogen-bond donors (Lipinski definition) is 1. The lowest BCUT2D eigenvalue weighted by atomic mass is 10.1. The standard InChI is InChI=1S/C14H13F3N2S/c15-14(16,17)11-1-2-13-12(7-11)19(5-6-20-13)9-10-3-4-18-8-10/h1-4,7-8,18H,5-6,9H2. The van der Waals surface area contributed by atoms with Crippen molar-refractivity contribution in [2.24, 2.45) is 0 Å². The number of H-pyrrole nitrogens is 1. The first-order chi connectivity index (χ1) is 9.54. The summed E-state index contributed by atoms with van der Waals surface area (Å²) in [5, 5.41) is 0. The number of halogens is 3. The van der Waals surface area contributed by atoms with Gasteiger partial charge in [-0.3, -0.25) is 0 Å². The van der Waals surface area contributed by atoms with Gasteiger partial charge in [0.1, 0.15) is 0 Å². The van der Waals surface area contributed by atoms with Crippen LogP contribution in [0.4, 0.5) is 18.9 Å². The van der Waals surface area contributed by atoms with Gasteiger partial charge in [0.15, 0.2) is 0 Å². The summed E-state index contributed by atoms with van der Waals surface area (Å²) in [7, 11) is 0. The van der Waals surface area contributed by atoms with Crippen molar-refractivity contribution in [2.45, 2.75) is 17.6 Å². The van der Waals surface area contributed by atoms with Gasteiger partial charge in [-0.1, -0.05) is 0 Å². The van der Waals surface area contributed by atoms with Gasteiger partial charge in [0, 0.05) is 36.1 Å². The van der Waals surface area contributed by atoms with Crippen LogP contribution in [0.5, 0.6) is 0 Å². The van der Waals surface area contributed by atoms with Crippen LogP contribution in [0.15, 0.2) is 41.6 Å². The van der Waals surface area contributed by atoms with Gasteiger partial charge in [-0.2, -0.15) is 13.2 Å². The minimum absolute atomic E-state index is 0.585. The molecule has 1 aliphatic heterocycles. The Morgan fingerprint density at radius 1 is 1.25 bits per heavy atom. The molecule has 106 valence electrons. The Kier molecular flexibility index (Phi) is 3.41. The van der Waals surface area contributed by atoms with Crippen molar-refractivity contribution in [3.05, 3.63) is 47.8 Å². The van der Waals surface area contributed by atoms with Gasteiger partial charge >= 0.3 is 6.18 Å².